The van der Waals surface area contributed by atoms with Gasteiger partial charge in [0.25, 0.3) is 0 Å². The van der Waals surface area contributed by atoms with Crippen molar-refractivity contribution in [3.05, 3.63) is 59.2 Å². The minimum atomic E-state index is -0.195. The molecule has 5 nitrogen and oxygen atoms in total. The number of carbonyl (C=O) groups excluding carboxylic acids is 2. The molecule has 2 aromatic rings. The van der Waals surface area contributed by atoms with Gasteiger partial charge >= 0.3 is 0 Å². The van der Waals surface area contributed by atoms with E-state index in [1.807, 2.05) is 30.0 Å². The topological polar surface area (TPSA) is 52.7 Å². The van der Waals surface area contributed by atoms with Gasteiger partial charge in [-0.25, -0.2) is 0 Å². The Hall–Kier alpha value is -2.82. The second-order valence-corrected chi connectivity index (χ2v) is 8.39. The van der Waals surface area contributed by atoms with E-state index in [1.54, 1.807) is 0 Å². The van der Waals surface area contributed by atoms with Gasteiger partial charge in [0.15, 0.2) is 0 Å². The van der Waals surface area contributed by atoms with E-state index in [2.05, 4.69) is 48.3 Å². The minimum Gasteiger partial charge on any atom is -0.368 e. The Morgan fingerprint density at radius 3 is 2.34 bits per heavy atom. The van der Waals surface area contributed by atoms with Crippen LogP contribution in [-0.2, 0) is 9.59 Å². The maximum Gasteiger partial charge on any atom is 0.228 e. The average Bonchev–Trinajstić information content (AvgIpc) is 3.51. The van der Waals surface area contributed by atoms with Crippen LogP contribution in [0, 0.1) is 32.6 Å². The zero-order valence-electron chi connectivity index (χ0n) is 17.4. The van der Waals surface area contributed by atoms with Crippen LogP contribution in [0.15, 0.2) is 42.5 Å². The Bertz CT molecular complexity index is 931. The monoisotopic (exact) mass is 391 g/mol. The second kappa shape index (κ2) is 7.90. The van der Waals surface area contributed by atoms with Crippen molar-refractivity contribution in [1.29, 1.82) is 0 Å². The summed E-state index contributed by atoms with van der Waals surface area (Å²) in [5.41, 5.74) is 5.62. The van der Waals surface area contributed by atoms with E-state index < -0.39 is 0 Å². The molecule has 2 atom stereocenters. The first kappa shape index (κ1) is 19.5. The van der Waals surface area contributed by atoms with Crippen LogP contribution in [0.3, 0.4) is 0 Å². The summed E-state index contributed by atoms with van der Waals surface area (Å²) in [6.45, 7) is 9.28. The molecule has 2 unspecified atom stereocenters. The molecule has 0 spiro atoms. The molecule has 1 N–H and O–H groups in total. The van der Waals surface area contributed by atoms with E-state index in [0.29, 0.717) is 6.42 Å². The fourth-order valence-corrected chi connectivity index (χ4v) is 4.06. The van der Waals surface area contributed by atoms with E-state index in [-0.39, 0.29) is 23.7 Å². The van der Waals surface area contributed by atoms with Crippen LogP contribution in [0.25, 0.3) is 0 Å². The van der Waals surface area contributed by atoms with Crippen molar-refractivity contribution in [2.24, 2.45) is 11.8 Å². The molecular formula is C24H29N3O2. The number of rotatable bonds is 4. The number of benzene rings is 2. The van der Waals surface area contributed by atoms with Gasteiger partial charge in [-0.15, -0.1) is 0 Å². The van der Waals surface area contributed by atoms with Crippen molar-refractivity contribution >= 4 is 23.2 Å². The van der Waals surface area contributed by atoms with E-state index in [9.17, 15) is 9.59 Å². The molecule has 0 radical (unpaired) electrons. The third-order valence-corrected chi connectivity index (χ3v) is 6.18. The normalized spacial score (nSPS) is 21.1. The van der Waals surface area contributed by atoms with Gasteiger partial charge in [-0.1, -0.05) is 18.2 Å². The molecule has 1 aliphatic carbocycles. The number of piperazine rings is 1. The summed E-state index contributed by atoms with van der Waals surface area (Å²) in [6.07, 6.45) is 0.660. The lowest BCUT2D eigenvalue weighted by atomic mass is 10.1. The number of nitrogens with one attached hydrogen (secondary N) is 1. The van der Waals surface area contributed by atoms with Gasteiger partial charge in [-0.3, -0.25) is 9.59 Å². The molecule has 0 bridgehead atoms. The summed E-state index contributed by atoms with van der Waals surface area (Å²) in [6, 6.07) is 14.4. The summed E-state index contributed by atoms with van der Waals surface area (Å²) in [5.74, 6) is -0.259. The fourth-order valence-electron chi connectivity index (χ4n) is 4.06. The highest BCUT2D eigenvalue weighted by Gasteiger charge is 2.49. The molecule has 1 saturated carbocycles. The molecule has 2 amide bonds. The predicted octanol–water partition coefficient (Wildman–Crippen LogP) is 3.54. The minimum absolute atomic E-state index is 0.0370. The zero-order valence-corrected chi connectivity index (χ0v) is 17.4. The van der Waals surface area contributed by atoms with E-state index in [4.69, 9.17) is 0 Å². The molecule has 2 fully saturated rings. The average molecular weight is 392 g/mol. The fraction of sp³-hybridized carbons (Fsp3) is 0.417. The number of hydrogen-bond donors (Lipinski definition) is 1. The van der Waals surface area contributed by atoms with Crippen LogP contribution < -0.4 is 10.2 Å². The first-order valence-electron chi connectivity index (χ1n) is 10.4. The molecule has 152 valence electrons. The van der Waals surface area contributed by atoms with Gasteiger partial charge in [-0.05, 0) is 68.1 Å². The quantitative estimate of drug-likeness (QED) is 0.867. The number of amides is 2. The van der Waals surface area contributed by atoms with E-state index in [1.165, 1.54) is 16.8 Å². The summed E-state index contributed by atoms with van der Waals surface area (Å²) in [7, 11) is 0. The lowest BCUT2D eigenvalue weighted by Gasteiger charge is -2.36. The van der Waals surface area contributed by atoms with Gasteiger partial charge in [0, 0.05) is 37.6 Å². The maximum atomic E-state index is 12.9. The standard InChI is InChI=1S/C24H29N3O2/c1-16-5-4-6-20(13-16)26-9-11-27(12-10-26)24(29)22-15-21(22)23(28)25-19-8-7-17(2)18(3)14-19/h4-8,13-14,21-22H,9-12,15H2,1-3H3,(H,25,28). The van der Waals surface area contributed by atoms with Gasteiger partial charge in [0.2, 0.25) is 11.8 Å². The van der Waals surface area contributed by atoms with Gasteiger partial charge in [-0.2, -0.15) is 0 Å². The van der Waals surface area contributed by atoms with E-state index in [0.717, 1.165) is 37.4 Å². The van der Waals surface area contributed by atoms with Crippen molar-refractivity contribution in [3.63, 3.8) is 0 Å². The molecule has 2 aromatic carbocycles. The summed E-state index contributed by atoms with van der Waals surface area (Å²) in [5, 5.41) is 2.98. The third kappa shape index (κ3) is 4.29. The number of anilines is 2. The highest BCUT2D eigenvalue weighted by atomic mass is 16.2. The Labute approximate surface area is 172 Å². The largest absolute Gasteiger partial charge is 0.368 e. The number of carbonyl (C=O) groups is 2. The van der Waals surface area contributed by atoms with Crippen LogP contribution in [0.4, 0.5) is 11.4 Å². The Balaban J connectivity index is 1.29. The molecule has 1 aliphatic heterocycles. The van der Waals surface area contributed by atoms with Crippen LogP contribution in [0.1, 0.15) is 23.1 Å². The highest BCUT2D eigenvalue weighted by Crippen LogP contribution is 2.41. The van der Waals surface area contributed by atoms with Crippen LogP contribution in [0.2, 0.25) is 0 Å². The summed E-state index contributed by atoms with van der Waals surface area (Å²) in [4.78, 5) is 29.7. The first-order chi connectivity index (χ1) is 13.9. The van der Waals surface area contributed by atoms with E-state index >= 15 is 0 Å². The van der Waals surface area contributed by atoms with Crippen LogP contribution in [0.5, 0.6) is 0 Å². The third-order valence-electron chi connectivity index (χ3n) is 6.18. The smallest absolute Gasteiger partial charge is 0.228 e. The Kier molecular flexibility index (Phi) is 5.31. The van der Waals surface area contributed by atoms with Gasteiger partial charge in [0.05, 0.1) is 11.8 Å². The summed E-state index contributed by atoms with van der Waals surface area (Å²) >= 11 is 0. The highest BCUT2D eigenvalue weighted by molar-refractivity contribution is 5.99. The van der Waals surface area contributed by atoms with Crippen molar-refractivity contribution in [1.82, 2.24) is 4.90 Å². The predicted molar refractivity (Wildman–Crippen MR) is 116 cm³/mol. The van der Waals surface area contributed by atoms with Crippen molar-refractivity contribution in [2.75, 3.05) is 36.4 Å². The molecule has 1 heterocycles. The molecular weight excluding hydrogens is 362 g/mol. The number of aryl methyl sites for hydroxylation is 3. The number of hydrogen-bond acceptors (Lipinski definition) is 3. The zero-order chi connectivity index (χ0) is 20.5. The second-order valence-electron chi connectivity index (χ2n) is 8.39. The maximum absolute atomic E-state index is 12.9. The SMILES string of the molecule is Cc1cccc(N2CCN(C(=O)C3CC3C(=O)Nc3ccc(C)c(C)c3)CC2)c1. The lowest BCUT2D eigenvalue weighted by Crippen LogP contribution is -2.49. The van der Waals surface area contributed by atoms with Crippen molar-refractivity contribution < 1.29 is 9.59 Å². The Morgan fingerprint density at radius 2 is 1.66 bits per heavy atom. The van der Waals surface area contributed by atoms with Crippen LogP contribution >= 0.6 is 0 Å². The molecule has 4 rings (SSSR count). The molecule has 2 aliphatic rings. The molecule has 1 saturated heterocycles. The van der Waals surface area contributed by atoms with Crippen LogP contribution in [-0.4, -0.2) is 42.9 Å². The van der Waals surface area contributed by atoms with Crippen molar-refractivity contribution in [3.8, 4) is 0 Å². The Morgan fingerprint density at radius 1 is 0.897 bits per heavy atom. The van der Waals surface area contributed by atoms with Gasteiger partial charge < -0.3 is 15.1 Å². The first-order valence-corrected chi connectivity index (χ1v) is 10.4. The number of nitrogens with zero attached hydrogens (tertiary/aromatic N) is 2. The summed E-state index contributed by atoms with van der Waals surface area (Å²) < 4.78 is 0. The molecule has 0 aromatic heterocycles. The van der Waals surface area contributed by atoms with Crippen molar-refractivity contribution in [2.45, 2.75) is 27.2 Å². The van der Waals surface area contributed by atoms with Gasteiger partial charge in [0.1, 0.15) is 0 Å². The molecule has 5 heteroatoms. The lowest BCUT2D eigenvalue weighted by molar-refractivity contribution is -0.134. The molecule has 29 heavy (non-hydrogen) atoms.